The van der Waals surface area contributed by atoms with Crippen LogP contribution in [0.4, 0.5) is 0 Å². The smallest absolute Gasteiger partial charge is 0.354 e. The van der Waals surface area contributed by atoms with Crippen LogP contribution in [0, 0.1) is 6.92 Å². The number of halogens is 1. The van der Waals surface area contributed by atoms with E-state index in [1.165, 1.54) is 0 Å². The zero-order chi connectivity index (χ0) is 20.1. The molecule has 1 aliphatic rings. The van der Waals surface area contributed by atoms with Crippen LogP contribution >= 0.6 is 15.9 Å². The molecular weight excluding hydrogens is 422 g/mol. The molecule has 6 heteroatoms. The summed E-state index contributed by atoms with van der Waals surface area (Å²) in [7, 11) is 0. The third kappa shape index (κ3) is 4.45. The number of carboxylic acids is 1. The van der Waals surface area contributed by atoms with E-state index in [0.717, 1.165) is 33.3 Å². The molecule has 1 aliphatic heterocycles. The Bertz CT molecular complexity index is 848. The van der Waals surface area contributed by atoms with Gasteiger partial charge in [0.25, 0.3) is 5.60 Å². The van der Waals surface area contributed by atoms with Gasteiger partial charge >= 0.3 is 5.97 Å². The lowest BCUT2D eigenvalue weighted by Crippen LogP contribution is -2.46. The number of carboxylic acid groups (broad SMARTS) is 1. The van der Waals surface area contributed by atoms with Gasteiger partial charge < -0.3 is 14.7 Å². The molecule has 0 radical (unpaired) electrons. The van der Waals surface area contributed by atoms with E-state index >= 15 is 0 Å². The minimum atomic E-state index is -1.57. The molecule has 148 valence electrons. The predicted octanol–water partition coefficient (Wildman–Crippen LogP) is 5.42. The fourth-order valence-electron chi connectivity index (χ4n) is 3.31. The SMILES string of the molecule is CCCC1=NOC(C(=O)O)(C(OCc2ccc(C)cc2)c2ccc(Br)cc2)C1. The van der Waals surface area contributed by atoms with Crippen molar-refractivity contribution < 1.29 is 19.5 Å². The second-order valence-electron chi connectivity index (χ2n) is 7.10. The van der Waals surface area contributed by atoms with Crippen molar-refractivity contribution in [3.63, 3.8) is 0 Å². The molecule has 2 aromatic carbocycles. The highest BCUT2D eigenvalue weighted by molar-refractivity contribution is 9.10. The molecule has 2 unspecified atom stereocenters. The van der Waals surface area contributed by atoms with Gasteiger partial charge in [0.2, 0.25) is 0 Å². The van der Waals surface area contributed by atoms with E-state index in [2.05, 4.69) is 21.1 Å². The Morgan fingerprint density at radius 1 is 1.25 bits per heavy atom. The van der Waals surface area contributed by atoms with E-state index in [-0.39, 0.29) is 13.0 Å². The van der Waals surface area contributed by atoms with Crippen molar-refractivity contribution in [2.75, 3.05) is 0 Å². The Labute approximate surface area is 173 Å². The maximum Gasteiger partial charge on any atom is 0.354 e. The van der Waals surface area contributed by atoms with Gasteiger partial charge in [-0.25, -0.2) is 4.79 Å². The Morgan fingerprint density at radius 3 is 2.54 bits per heavy atom. The van der Waals surface area contributed by atoms with E-state index in [1.54, 1.807) is 0 Å². The fourth-order valence-corrected chi connectivity index (χ4v) is 3.57. The Hall–Kier alpha value is -2.18. The van der Waals surface area contributed by atoms with Gasteiger partial charge in [-0.2, -0.15) is 0 Å². The Balaban J connectivity index is 1.91. The van der Waals surface area contributed by atoms with Gasteiger partial charge in [0, 0.05) is 10.9 Å². The van der Waals surface area contributed by atoms with Crippen LogP contribution in [0.15, 0.2) is 58.2 Å². The number of aryl methyl sites for hydroxylation is 1. The first-order chi connectivity index (χ1) is 13.4. The standard InChI is InChI=1S/C22H24BrNO4/c1-3-4-19-13-22(21(25)26,28-24-19)20(17-9-11-18(23)12-10-17)27-14-16-7-5-15(2)6-8-16/h5-12,20H,3-4,13-14H2,1-2H3,(H,25,26). The van der Waals surface area contributed by atoms with Gasteiger partial charge in [-0.05, 0) is 36.6 Å². The van der Waals surface area contributed by atoms with Crippen LogP contribution in [0.25, 0.3) is 0 Å². The zero-order valence-electron chi connectivity index (χ0n) is 16.0. The summed E-state index contributed by atoms with van der Waals surface area (Å²) in [5, 5.41) is 14.2. The van der Waals surface area contributed by atoms with Crippen LogP contribution < -0.4 is 0 Å². The summed E-state index contributed by atoms with van der Waals surface area (Å²) < 4.78 is 7.08. The molecule has 5 nitrogen and oxygen atoms in total. The highest BCUT2D eigenvalue weighted by atomic mass is 79.9. The van der Waals surface area contributed by atoms with Crippen LogP contribution in [-0.2, 0) is 21.0 Å². The van der Waals surface area contributed by atoms with Gasteiger partial charge in [0.05, 0.1) is 12.3 Å². The van der Waals surface area contributed by atoms with Crippen LogP contribution in [0.2, 0.25) is 0 Å². The second kappa shape index (κ2) is 8.88. The van der Waals surface area contributed by atoms with E-state index in [0.29, 0.717) is 6.42 Å². The van der Waals surface area contributed by atoms with Gasteiger partial charge in [0.15, 0.2) is 0 Å². The average molecular weight is 446 g/mol. The van der Waals surface area contributed by atoms with Crippen molar-refractivity contribution in [1.82, 2.24) is 0 Å². The topological polar surface area (TPSA) is 68.1 Å². The van der Waals surface area contributed by atoms with E-state index in [4.69, 9.17) is 9.57 Å². The molecule has 3 rings (SSSR count). The number of carbonyl (C=O) groups is 1. The summed E-state index contributed by atoms with van der Waals surface area (Å²) in [5.74, 6) is -1.07. The van der Waals surface area contributed by atoms with Crippen molar-refractivity contribution in [2.24, 2.45) is 5.16 Å². The van der Waals surface area contributed by atoms with Crippen LogP contribution in [-0.4, -0.2) is 22.4 Å². The number of hydrogen-bond acceptors (Lipinski definition) is 4. The molecule has 0 saturated heterocycles. The van der Waals surface area contributed by atoms with E-state index in [9.17, 15) is 9.90 Å². The van der Waals surface area contributed by atoms with Crippen molar-refractivity contribution >= 4 is 27.6 Å². The van der Waals surface area contributed by atoms with Gasteiger partial charge in [-0.1, -0.05) is 76.4 Å². The minimum Gasteiger partial charge on any atom is -0.478 e. The first-order valence-electron chi connectivity index (χ1n) is 9.34. The van der Waals surface area contributed by atoms with Crippen molar-refractivity contribution in [3.8, 4) is 0 Å². The normalized spacial score (nSPS) is 19.8. The molecule has 0 amide bonds. The Kier molecular flexibility index (Phi) is 6.52. The number of aliphatic carboxylic acids is 1. The highest BCUT2D eigenvalue weighted by Crippen LogP contribution is 2.41. The second-order valence-corrected chi connectivity index (χ2v) is 8.01. The lowest BCUT2D eigenvalue weighted by atomic mass is 9.85. The number of rotatable bonds is 8. The molecule has 28 heavy (non-hydrogen) atoms. The fraction of sp³-hybridized carbons (Fsp3) is 0.364. The summed E-state index contributed by atoms with van der Waals surface area (Å²) in [6, 6.07) is 15.4. The molecular formula is C22H24BrNO4. The quantitative estimate of drug-likeness (QED) is 0.589. The summed E-state index contributed by atoms with van der Waals surface area (Å²) in [5.41, 5.74) is 2.06. The van der Waals surface area contributed by atoms with Crippen LogP contribution in [0.3, 0.4) is 0 Å². The van der Waals surface area contributed by atoms with E-state index < -0.39 is 17.7 Å². The van der Waals surface area contributed by atoms with Crippen LogP contribution in [0.1, 0.15) is 49.0 Å². The van der Waals surface area contributed by atoms with Crippen molar-refractivity contribution in [2.45, 2.75) is 51.4 Å². The molecule has 0 aliphatic carbocycles. The lowest BCUT2D eigenvalue weighted by Gasteiger charge is -2.31. The number of hydrogen-bond donors (Lipinski definition) is 1. The molecule has 0 bridgehead atoms. The number of benzene rings is 2. The summed E-state index contributed by atoms with van der Waals surface area (Å²) in [4.78, 5) is 17.9. The Morgan fingerprint density at radius 2 is 1.93 bits per heavy atom. The predicted molar refractivity (Wildman–Crippen MR) is 111 cm³/mol. The van der Waals surface area contributed by atoms with Crippen LogP contribution in [0.5, 0.6) is 0 Å². The minimum absolute atomic E-state index is 0.213. The summed E-state index contributed by atoms with van der Waals surface area (Å²) in [6.07, 6.45) is 1.01. The monoisotopic (exact) mass is 445 g/mol. The molecule has 2 aromatic rings. The first-order valence-corrected chi connectivity index (χ1v) is 10.1. The summed E-state index contributed by atoms with van der Waals surface area (Å²) >= 11 is 3.42. The van der Waals surface area contributed by atoms with Gasteiger partial charge in [0.1, 0.15) is 6.10 Å². The number of nitrogens with zero attached hydrogens (tertiary/aromatic N) is 1. The third-order valence-electron chi connectivity index (χ3n) is 4.84. The molecule has 1 heterocycles. The zero-order valence-corrected chi connectivity index (χ0v) is 17.6. The largest absolute Gasteiger partial charge is 0.478 e. The third-order valence-corrected chi connectivity index (χ3v) is 5.37. The maximum atomic E-state index is 12.3. The molecule has 1 N–H and O–H groups in total. The van der Waals surface area contributed by atoms with Crippen molar-refractivity contribution in [3.05, 3.63) is 69.7 Å². The van der Waals surface area contributed by atoms with E-state index in [1.807, 2.05) is 62.4 Å². The number of ether oxygens (including phenoxy) is 1. The van der Waals surface area contributed by atoms with Gasteiger partial charge in [-0.3, -0.25) is 0 Å². The molecule has 0 saturated carbocycles. The van der Waals surface area contributed by atoms with Crippen molar-refractivity contribution in [1.29, 1.82) is 0 Å². The molecule has 2 atom stereocenters. The highest BCUT2D eigenvalue weighted by Gasteiger charge is 2.54. The average Bonchev–Trinajstić information content (AvgIpc) is 3.10. The maximum absolute atomic E-state index is 12.3. The first kappa shape index (κ1) is 20.6. The molecule has 0 spiro atoms. The molecule has 0 aromatic heterocycles. The summed E-state index contributed by atoms with van der Waals surface area (Å²) in [6.45, 7) is 4.33. The number of oxime groups is 1. The van der Waals surface area contributed by atoms with Gasteiger partial charge in [-0.15, -0.1) is 0 Å². The molecule has 0 fully saturated rings. The lowest BCUT2D eigenvalue weighted by molar-refractivity contribution is -0.187.